The third kappa shape index (κ3) is 1.29. The first-order valence-corrected chi connectivity index (χ1v) is 4.23. The second kappa shape index (κ2) is 2.27. The summed E-state index contributed by atoms with van der Waals surface area (Å²) in [6, 6.07) is 0. The molecular formula is C7H9ClN2O. The molecule has 2 rings (SSSR count). The monoisotopic (exact) mass is 172 g/mol. The van der Waals surface area contributed by atoms with Crippen LogP contribution in [-0.4, -0.2) is 10.9 Å². The average Bonchev–Trinajstić information content (AvgIpc) is 2.70. The number of halogens is 1. The molecule has 1 saturated carbocycles. The Hall–Kier alpha value is -0.440. The molecule has 0 aromatic carbocycles. The van der Waals surface area contributed by atoms with Gasteiger partial charge in [-0.05, 0) is 37.3 Å². The summed E-state index contributed by atoms with van der Waals surface area (Å²) in [7, 11) is 0. The summed E-state index contributed by atoms with van der Waals surface area (Å²) in [5.74, 6) is 0.0632. The number of rotatable bonds is 1. The van der Waals surface area contributed by atoms with E-state index in [0.717, 1.165) is 25.7 Å². The van der Waals surface area contributed by atoms with Gasteiger partial charge in [-0.25, -0.2) is 0 Å². The molecule has 1 fully saturated rings. The third-order valence-corrected chi connectivity index (χ3v) is 2.80. The highest BCUT2D eigenvalue weighted by molar-refractivity contribution is 6.63. The molecule has 0 atom stereocenters. The molecule has 1 aliphatic heterocycles. The van der Waals surface area contributed by atoms with E-state index in [1.54, 1.807) is 0 Å². The first kappa shape index (κ1) is 7.22. The lowest BCUT2D eigenvalue weighted by atomic mass is 9.85. The van der Waals surface area contributed by atoms with Crippen LogP contribution in [0.1, 0.15) is 25.7 Å². The maximum Gasteiger partial charge on any atom is 0.224 e. The Balaban J connectivity index is 1.89. The van der Waals surface area contributed by atoms with E-state index in [2.05, 4.69) is 10.2 Å². The molecule has 0 aromatic rings. The zero-order valence-corrected chi connectivity index (χ0v) is 6.84. The van der Waals surface area contributed by atoms with E-state index >= 15 is 0 Å². The SMILES string of the molecule is O=C(Cl)C1CCC2(CC1)N=N2. The summed E-state index contributed by atoms with van der Waals surface area (Å²) in [5.41, 5.74) is -0.0666. The fourth-order valence-corrected chi connectivity index (χ4v) is 1.80. The van der Waals surface area contributed by atoms with E-state index in [9.17, 15) is 4.79 Å². The van der Waals surface area contributed by atoms with Gasteiger partial charge in [-0.3, -0.25) is 4.79 Å². The average molecular weight is 173 g/mol. The molecule has 0 aromatic heterocycles. The topological polar surface area (TPSA) is 41.8 Å². The van der Waals surface area contributed by atoms with Gasteiger partial charge in [0.05, 0.1) is 0 Å². The van der Waals surface area contributed by atoms with E-state index in [4.69, 9.17) is 11.6 Å². The van der Waals surface area contributed by atoms with Gasteiger partial charge in [0.25, 0.3) is 0 Å². The summed E-state index contributed by atoms with van der Waals surface area (Å²) in [4.78, 5) is 10.7. The maximum absolute atomic E-state index is 10.7. The minimum Gasteiger partial charge on any atom is -0.281 e. The Kier molecular flexibility index (Phi) is 1.49. The van der Waals surface area contributed by atoms with Crippen molar-refractivity contribution in [3.63, 3.8) is 0 Å². The van der Waals surface area contributed by atoms with E-state index in [-0.39, 0.29) is 16.8 Å². The van der Waals surface area contributed by atoms with Gasteiger partial charge >= 0.3 is 0 Å². The quantitative estimate of drug-likeness (QED) is 0.559. The van der Waals surface area contributed by atoms with Gasteiger partial charge in [0.1, 0.15) is 0 Å². The zero-order chi connectivity index (χ0) is 7.90. The van der Waals surface area contributed by atoms with Crippen molar-refractivity contribution in [2.45, 2.75) is 31.3 Å². The van der Waals surface area contributed by atoms with Crippen molar-refractivity contribution in [2.24, 2.45) is 16.1 Å². The number of hydrogen-bond donors (Lipinski definition) is 0. The van der Waals surface area contributed by atoms with Crippen LogP contribution in [0.3, 0.4) is 0 Å². The number of carbonyl (C=O) groups excluding carboxylic acids is 1. The van der Waals surface area contributed by atoms with Crippen molar-refractivity contribution < 1.29 is 4.79 Å². The summed E-state index contributed by atoms with van der Waals surface area (Å²) >= 11 is 5.37. The number of hydrogen-bond acceptors (Lipinski definition) is 3. The minimum atomic E-state index is -0.194. The Morgan fingerprint density at radius 1 is 1.36 bits per heavy atom. The first-order chi connectivity index (χ1) is 5.22. The standard InChI is InChI=1S/C7H9ClN2O/c8-6(11)5-1-3-7(4-2-5)9-10-7/h5H,1-4H2. The smallest absolute Gasteiger partial charge is 0.224 e. The summed E-state index contributed by atoms with van der Waals surface area (Å²) in [6.45, 7) is 0. The lowest BCUT2D eigenvalue weighted by Gasteiger charge is -2.21. The summed E-state index contributed by atoms with van der Waals surface area (Å²) in [5, 5.41) is 7.72. The molecule has 2 aliphatic rings. The molecule has 1 heterocycles. The van der Waals surface area contributed by atoms with Crippen LogP contribution < -0.4 is 0 Å². The molecule has 3 nitrogen and oxygen atoms in total. The number of nitrogens with zero attached hydrogens (tertiary/aromatic N) is 2. The number of carbonyl (C=O) groups is 1. The largest absolute Gasteiger partial charge is 0.281 e. The van der Waals surface area contributed by atoms with Crippen LogP contribution >= 0.6 is 11.6 Å². The van der Waals surface area contributed by atoms with E-state index < -0.39 is 0 Å². The van der Waals surface area contributed by atoms with Crippen LogP contribution in [0.4, 0.5) is 0 Å². The van der Waals surface area contributed by atoms with Crippen LogP contribution in [0, 0.1) is 5.92 Å². The molecule has 0 unspecified atom stereocenters. The van der Waals surface area contributed by atoms with Crippen molar-refractivity contribution in [1.29, 1.82) is 0 Å². The molecule has 0 bridgehead atoms. The van der Waals surface area contributed by atoms with Gasteiger partial charge in [0.2, 0.25) is 5.24 Å². The lowest BCUT2D eigenvalue weighted by Crippen LogP contribution is -2.24. The van der Waals surface area contributed by atoms with Gasteiger partial charge in [-0.1, -0.05) is 0 Å². The normalized spacial score (nSPS) is 27.4. The molecule has 60 valence electrons. The van der Waals surface area contributed by atoms with Crippen molar-refractivity contribution >= 4 is 16.8 Å². The van der Waals surface area contributed by atoms with E-state index in [1.165, 1.54) is 0 Å². The molecule has 4 heteroatoms. The van der Waals surface area contributed by atoms with Crippen LogP contribution in [0.15, 0.2) is 10.2 Å². The molecule has 11 heavy (non-hydrogen) atoms. The zero-order valence-electron chi connectivity index (χ0n) is 6.09. The van der Waals surface area contributed by atoms with Gasteiger partial charge in [0, 0.05) is 5.92 Å². The van der Waals surface area contributed by atoms with Gasteiger partial charge < -0.3 is 0 Å². The van der Waals surface area contributed by atoms with Crippen molar-refractivity contribution in [3.05, 3.63) is 0 Å². The lowest BCUT2D eigenvalue weighted by molar-refractivity contribution is -0.116. The Labute approximate surface area is 69.8 Å². The van der Waals surface area contributed by atoms with Crippen LogP contribution in [0.5, 0.6) is 0 Å². The molecule has 0 N–H and O–H groups in total. The second-order valence-electron chi connectivity index (χ2n) is 3.26. The van der Waals surface area contributed by atoms with Crippen LogP contribution in [0.25, 0.3) is 0 Å². The molecule has 0 amide bonds. The fourth-order valence-electron chi connectivity index (χ4n) is 1.58. The van der Waals surface area contributed by atoms with Gasteiger partial charge in [-0.15, -0.1) is 0 Å². The summed E-state index contributed by atoms with van der Waals surface area (Å²) in [6.07, 6.45) is 3.54. The third-order valence-electron chi connectivity index (χ3n) is 2.49. The Morgan fingerprint density at radius 3 is 2.27 bits per heavy atom. The summed E-state index contributed by atoms with van der Waals surface area (Å²) < 4.78 is 0. The van der Waals surface area contributed by atoms with Crippen molar-refractivity contribution in [1.82, 2.24) is 0 Å². The highest BCUT2D eigenvalue weighted by Crippen LogP contribution is 2.44. The molecule has 1 spiro atoms. The molecule has 0 saturated heterocycles. The minimum absolute atomic E-state index is 0.0632. The Bertz CT molecular complexity index is 210. The maximum atomic E-state index is 10.7. The predicted molar refractivity (Wildman–Crippen MR) is 40.4 cm³/mol. The second-order valence-corrected chi connectivity index (χ2v) is 3.63. The van der Waals surface area contributed by atoms with Gasteiger partial charge in [0.15, 0.2) is 5.66 Å². The molecule has 1 aliphatic carbocycles. The van der Waals surface area contributed by atoms with Gasteiger partial charge in [-0.2, -0.15) is 10.2 Å². The highest BCUT2D eigenvalue weighted by atomic mass is 35.5. The fraction of sp³-hybridized carbons (Fsp3) is 0.857. The van der Waals surface area contributed by atoms with Crippen LogP contribution in [-0.2, 0) is 4.79 Å². The molecular weight excluding hydrogens is 164 g/mol. The van der Waals surface area contributed by atoms with Crippen molar-refractivity contribution in [3.8, 4) is 0 Å². The molecule has 0 radical (unpaired) electrons. The Morgan fingerprint density at radius 2 is 1.91 bits per heavy atom. The predicted octanol–water partition coefficient (Wildman–Crippen LogP) is 2.10. The van der Waals surface area contributed by atoms with Crippen LogP contribution in [0.2, 0.25) is 0 Å². The van der Waals surface area contributed by atoms with Crippen molar-refractivity contribution in [2.75, 3.05) is 0 Å². The highest BCUT2D eigenvalue weighted by Gasteiger charge is 2.44. The first-order valence-electron chi connectivity index (χ1n) is 3.85. The van der Waals surface area contributed by atoms with E-state index in [0.29, 0.717) is 0 Å². The van der Waals surface area contributed by atoms with E-state index in [1.807, 2.05) is 0 Å².